The van der Waals surface area contributed by atoms with E-state index < -0.39 is 0 Å². The molecule has 166 valence electrons. The number of benzene rings is 1. The molecule has 31 heavy (non-hydrogen) atoms. The fourth-order valence-electron chi connectivity index (χ4n) is 4.10. The maximum Gasteiger partial charge on any atom is 0.242 e. The SMILES string of the molecule is Cc1cc(OC[C@@H]2c3ccsc3CCN2C(=O)CN(C(=O)C(C)C)C2CC2)ccc1Cl. The number of amides is 2. The van der Waals surface area contributed by atoms with Gasteiger partial charge < -0.3 is 14.5 Å². The molecular weight excluding hydrogens is 432 g/mol. The van der Waals surface area contributed by atoms with E-state index in [2.05, 4.69) is 11.4 Å². The van der Waals surface area contributed by atoms with Gasteiger partial charge in [-0.25, -0.2) is 0 Å². The second-order valence-corrected chi connectivity index (χ2v) is 10.1. The Morgan fingerprint density at radius 2 is 2.06 bits per heavy atom. The summed E-state index contributed by atoms with van der Waals surface area (Å²) >= 11 is 7.87. The Hall–Kier alpha value is -2.05. The number of nitrogens with zero attached hydrogens (tertiary/aromatic N) is 2. The third-order valence-corrected chi connectivity index (χ3v) is 7.44. The number of hydrogen-bond acceptors (Lipinski definition) is 4. The number of aryl methyl sites for hydroxylation is 1. The number of halogens is 1. The standard InChI is InChI=1S/C24H29ClN2O3S/c1-15(2)24(29)27(17-4-5-17)13-23(28)26-10-8-22-19(9-11-31-22)21(26)14-30-18-6-7-20(25)16(3)12-18/h6-7,9,11-12,15,17,21H,4-5,8,10,13-14H2,1-3H3/t21-/m1/s1. The van der Waals surface area contributed by atoms with Crippen LogP contribution in [0.2, 0.25) is 5.02 Å². The summed E-state index contributed by atoms with van der Waals surface area (Å²) in [5.41, 5.74) is 2.11. The summed E-state index contributed by atoms with van der Waals surface area (Å²) < 4.78 is 6.11. The molecule has 0 unspecified atom stereocenters. The molecule has 2 aliphatic rings. The highest BCUT2D eigenvalue weighted by molar-refractivity contribution is 7.10. The van der Waals surface area contributed by atoms with Crippen molar-refractivity contribution in [2.24, 2.45) is 5.92 Å². The van der Waals surface area contributed by atoms with Crippen molar-refractivity contribution in [1.29, 1.82) is 0 Å². The predicted octanol–water partition coefficient (Wildman–Crippen LogP) is 4.86. The molecule has 1 atom stereocenters. The summed E-state index contributed by atoms with van der Waals surface area (Å²) in [5, 5.41) is 2.79. The van der Waals surface area contributed by atoms with Crippen molar-refractivity contribution >= 4 is 34.8 Å². The van der Waals surface area contributed by atoms with Crippen LogP contribution in [0.5, 0.6) is 5.75 Å². The monoisotopic (exact) mass is 460 g/mol. The number of carbonyl (C=O) groups is 2. The summed E-state index contributed by atoms with van der Waals surface area (Å²) in [6.45, 7) is 6.90. The Labute approximate surface area is 192 Å². The van der Waals surface area contributed by atoms with Crippen LogP contribution in [0.4, 0.5) is 0 Å². The van der Waals surface area contributed by atoms with Gasteiger partial charge in [0, 0.05) is 28.4 Å². The Kier molecular flexibility index (Phi) is 6.58. The van der Waals surface area contributed by atoms with E-state index in [9.17, 15) is 9.59 Å². The molecule has 1 aromatic carbocycles. The molecule has 7 heteroatoms. The molecule has 0 N–H and O–H groups in total. The third kappa shape index (κ3) is 4.90. The van der Waals surface area contributed by atoms with E-state index in [0.717, 1.165) is 36.1 Å². The molecule has 1 aromatic heterocycles. The fraction of sp³-hybridized carbons (Fsp3) is 0.500. The first-order valence-electron chi connectivity index (χ1n) is 10.9. The molecule has 2 heterocycles. The van der Waals surface area contributed by atoms with Gasteiger partial charge in [-0.1, -0.05) is 25.4 Å². The van der Waals surface area contributed by atoms with E-state index >= 15 is 0 Å². The van der Waals surface area contributed by atoms with Gasteiger partial charge in [0.25, 0.3) is 0 Å². The molecule has 1 saturated carbocycles. The van der Waals surface area contributed by atoms with Crippen molar-refractivity contribution in [3.63, 3.8) is 0 Å². The molecule has 1 fully saturated rings. The van der Waals surface area contributed by atoms with Crippen LogP contribution in [0.15, 0.2) is 29.6 Å². The van der Waals surface area contributed by atoms with Gasteiger partial charge in [-0.15, -0.1) is 11.3 Å². The summed E-state index contributed by atoms with van der Waals surface area (Å²) in [5.74, 6) is 0.698. The van der Waals surface area contributed by atoms with E-state index in [0.29, 0.717) is 18.2 Å². The highest BCUT2D eigenvalue weighted by Crippen LogP contribution is 2.35. The lowest BCUT2D eigenvalue weighted by Crippen LogP contribution is -2.49. The van der Waals surface area contributed by atoms with Crippen LogP contribution in [-0.4, -0.2) is 47.4 Å². The predicted molar refractivity (Wildman–Crippen MR) is 124 cm³/mol. The number of rotatable bonds is 7. The van der Waals surface area contributed by atoms with Crippen molar-refractivity contribution in [3.05, 3.63) is 50.7 Å². The number of fused-ring (bicyclic) bond motifs is 1. The minimum atomic E-state index is -0.159. The Morgan fingerprint density at radius 3 is 2.74 bits per heavy atom. The average molecular weight is 461 g/mol. The maximum absolute atomic E-state index is 13.4. The van der Waals surface area contributed by atoms with Gasteiger partial charge in [0.15, 0.2) is 0 Å². The van der Waals surface area contributed by atoms with E-state index in [-0.39, 0.29) is 36.4 Å². The maximum atomic E-state index is 13.4. The molecular formula is C24H29ClN2O3S. The Bertz CT molecular complexity index is 969. The van der Waals surface area contributed by atoms with Gasteiger partial charge in [0.05, 0.1) is 6.04 Å². The molecule has 0 bridgehead atoms. The first-order chi connectivity index (χ1) is 14.8. The molecule has 1 aliphatic heterocycles. The van der Waals surface area contributed by atoms with Crippen LogP contribution in [0, 0.1) is 12.8 Å². The molecule has 2 aromatic rings. The van der Waals surface area contributed by atoms with Crippen LogP contribution < -0.4 is 4.74 Å². The van der Waals surface area contributed by atoms with E-state index in [1.54, 1.807) is 16.2 Å². The van der Waals surface area contributed by atoms with Gasteiger partial charge in [0.2, 0.25) is 11.8 Å². The van der Waals surface area contributed by atoms with Gasteiger partial charge in [-0.05, 0) is 67.0 Å². The van der Waals surface area contributed by atoms with Crippen LogP contribution in [0.3, 0.4) is 0 Å². The van der Waals surface area contributed by atoms with E-state index in [1.165, 1.54) is 4.88 Å². The van der Waals surface area contributed by atoms with Crippen LogP contribution in [0.25, 0.3) is 0 Å². The zero-order valence-electron chi connectivity index (χ0n) is 18.3. The van der Waals surface area contributed by atoms with Crippen molar-refractivity contribution in [1.82, 2.24) is 9.80 Å². The van der Waals surface area contributed by atoms with Crippen molar-refractivity contribution < 1.29 is 14.3 Å². The molecule has 0 spiro atoms. The topological polar surface area (TPSA) is 49.9 Å². The average Bonchev–Trinajstić information content (AvgIpc) is 3.47. The van der Waals surface area contributed by atoms with Gasteiger partial charge in [0.1, 0.15) is 18.9 Å². The minimum Gasteiger partial charge on any atom is -0.491 e. The van der Waals surface area contributed by atoms with Gasteiger partial charge >= 0.3 is 0 Å². The van der Waals surface area contributed by atoms with Crippen LogP contribution >= 0.6 is 22.9 Å². The van der Waals surface area contributed by atoms with Gasteiger partial charge in [-0.3, -0.25) is 9.59 Å². The zero-order valence-corrected chi connectivity index (χ0v) is 19.8. The lowest BCUT2D eigenvalue weighted by atomic mass is 10.00. The normalized spacial score (nSPS) is 18.1. The largest absolute Gasteiger partial charge is 0.491 e. The molecule has 4 rings (SSSR count). The highest BCUT2D eigenvalue weighted by atomic mass is 35.5. The lowest BCUT2D eigenvalue weighted by molar-refractivity contribution is -0.144. The van der Waals surface area contributed by atoms with Crippen molar-refractivity contribution in [3.8, 4) is 5.75 Å². The summed E-state index contributed by atoms with van der Waals surface area (Å²) in [6.07, 6.45) is 2.82. The third-order valence-electron chi connectivity index (χ3n) is 6.02. The smallest absolute Gasteiger partial charge is 0.242 e. The first-order valence-corrected chi connectivity index (χ1v) is 12.2. The van der Waals surface area contributed by atoms with Crippen molar-refractivity contribution in [2.75, 3.05) is 19.7 Å². The number of hydrogen-bond donors (Lipinski definition) is 0. The molecule has 1 aliphatic carbocycles. The van der Waals surface area contributed by atoms with Crippen molar-refractivity contribution in [2.45, 2.75) is 52.1 Å². The number of thiophene rings is 1. The van der Waals surface area contributed by atoms with Crippen LogP contribution in [-0.2, 0) is 16.0 Å². The van der Waals surface area contributed by atoms with Gasteiger partial charge in [-0.2, -0.15) is 0 Å². The Balaban J connectivity index is 1.51. The lowest BCUT2D eigenvalue weighted by Gasteiger charge is -2.37. The molecule has 2 amide bonds. The highest BCUT2D eigenvalue weighted by Gasteiger charge is 2.38. The second kappa shape index (κ2) is 9.21. The Morgan fingerprint density at radius 1 is 1.29 bits per heavy atom. The van der Waals surface area contributed by atoms with Crippen LogP contribution in [0.1, 0.15) is 48.7 Å². The van der Waals surface area contributed by atoms with E-state index in [1.807, 2.05) is 43.9 Å². The summed E-state index contributed by atoms with van der Waals surface area (Å²) in [4.78, 5) is 31.1. The van der Waals surface area contributed by atoms with E-state index in [4.69, 9.17) is 16.3 Å². The summed E-state index contributed by atoms with van der Waals surface area (Å²) in [7, 11) is 0. The number of carbonyl (C=O) groups excluding carboxylic acids is 2. The quantitative estimate of drug-likeness (QED) is 0.592. The number of ether oxygens (including phenoxy) is 1. The minimum absolute atomic E-state index is 0.00126. The first kappa shape index (κ1) is 22.2. The summed E-state index contributed by atoms with van der Waals surface area (Å²) in [6, 6.07) is 7.76. The molecule has 0 radical (unpaired) electrons. The molecule has 0 saturated heterocycles. The zero-order chi connectivity index (χ0) is 22.1. The fourth-order valence-corrected chi connectivity index (χ4v) is 5.14. The second-order valence-electron chi connectivity index (χ2n) is 8.73. The molecule has 5 nitrogen and oxygen atoms in total.